The number of aliphatic imine (C=N–C) groups is 1. The van der Waals surface area contributed by atoms with Crippen molar-refractivity contribution >= 4 is 35.4 Å². The van der Waals surface area contributed by atoms with Gasteiger partial charge in [-0.25, -0.2) is 4.79 Å². The molecular formula is C17H24N4O5S. The van der Waals surface area contributed by atoms with Gasteiger partial charge in [0.2, 0.25) is 11.8 Å². The quantitative estimate of drug-likeness (QED) is 0.531. The third kappa shape index (κ3) is 3.00. The first-order chi connectivity index (χ1) is 12.6. The summed E-state index contributed by atoms with van der Waals surface area (Å²) in [6.07, 6.45) is -0.462. The molecule has 0 aromatic heterocycles. The minimum atomic E-state index is -1.18. The summed E-state index contributed by atoms with van der Waals surface area (Å²) < 4.78 is 0. The molecule has 0 bridgehead atoms. The zero-order valence-electron chi connectivity index (χ0n) is 15.6. The molecule has 27 heavy (non-hydrogen) atoms. The molecular weight excluding hydrogens is 372 g/mol. The van der Waals surface area contributed by atoms with Gasteiger partial charge in [-0.3, -0.25) is 14.6 Å². The molecule has 9 nitrogen and oxygen atoms in total. The first-order valence-corrected chi connectivity index (χ1v) is 9.63. The second-order valence-corrected chi connectivity index (χ2v) is 8.66. The van der Waals surface area contributed by atoms with Crippen LogP contribution in [0.1, 0.15) is 20.3 Å². The summed E-state index contributed by atoms with van der Waals surface area (Å²) in [6.45, 7) is 3.39. The lowest BCUT2D eigenvalue weighted by molar-refractivity contribution is -0.163. The van der Waals surface area contributed by atoms with E-state index >= 15 is 0 Å². The molecule has 0 aliphatic carbocycles. The van der Waals surface area contributed by atoms with Crippen LogP contribution in [0.2, 0.25) is 0 Å². The number of amides is 2. The summed E-state index contributed by atoms with van der Waals surface area (Å²) >= 11 is 1.26. The van der Waals surface area contributed by atoms with Gasteiger partial charge in [0.05, 0.1) is 23.3 Å². The Kier molecular flexibility index (Phi) is 4.98. The van der Waals surface area contributed by atoms with E-state index in [4.69, 9.17) is 5.73 Å². The van der Waals surface area contributed by atoms with Crippen LogP contribution in [0.4, 0.5) is 0 Å². The Morgan fingerprint density at radius 3 is 2.56 bits per heavy atom. The van der Waals surface area contributed by atoms with E-state index in [0.29, 0.717) is 17.2 Å². The van der Waals surface area contributed by atoms with Crippen LogP contribution in [0.15, 0.2) is 15.6 Å². The van der Waals surface area contributed by atoms with Crippen LogP contribution in [0.3, 0.4) is 0 Å². The second-order valence-electron chi connectivity index (χ2n) is 7.42. The number of β-lactam (4-membered cyclic amide) rings is 1. The molecule has 1 unspecified atom stereocenters. The van der Waals surface area contributed by atoms with Gasteiger partial charge in [0.1, 0.15) is 17.6 Å². The Balaban J connectivity index is 1.84. The number of thioether (sulfide) groups is 1. The molecule has 0 saturated carbocycles. The summed E-state index contributed by atoms with van der Waals surface area (Å²) in [5, 5.41) is 19.2. The maximum absolute atomic E-state index is 12.4. The molecule has 0 radical (unpaired) electrons. The van der Waals surface area contributed by atoms with Crippen molar-refractivity contribution in [3.63, 3.8) is 0 Å². The molecule has 0 aromatic carbocycles. The first kappa shape index (κ1) is 19.7. The number of likely N-dealkylation sites (N-methyl/N-ethyl adjacent to an activating group) is 1. The van der Waals surface area contributed by atoms with Gasteiger partial charge in [-0.15, -0.1) is 11.8 Å². The number of fused-ring (bicyclic) bond motifs is 1. The Bertz CT molecular complexity index is 762. The van der Waals surface area contributed by atoms with E-state index < -0.39 is 24.0 Å². The van der Waals surface area contributed by atoms with Gasteiger partial charge in [-0.2, -0.15) is 0 Å². The smallest absolute Gasteiger partial charge is 0.353 e. The van der Waals surface area contributed by atoms with E-state index in [0.717, 1.165) is 0 Å². The number of aliphatic hydroxyl groups is 1. The average Bonchev–Trinajstić information content (AvgIpc) is 3.04. The van der Waals surface area contributed by atoms with Crippen molar-refractivity contribution in [2.45, 2.75) is 43.7 Å². The summed E-state index contributed by atoms with van der Waals surface area (Å²) in [5.74, 6) is -2.25. The van der Waals surface area contributed by atoms with Crippen molar-refractivity contribution in [1.29, 1.82) is 0 Å². The number of carboxylic acids is 1. The molecule has 148 valence electrons. The number of carbonyl (C=O) groups is 3. The highest BCUT2D eigenvalue weighted by molar-refractivity contribution is 8.04. The number of aliphatic hydroxyl groups excluding tert-OH is 1. The Labute approximate surface area is 161 Å². The molecule has 6 atom stereocenters. The fourth-order valence-electron chi connectivity index (χ4n) is 4.03. The van der Waals surface area contributed by atoms with Crippen LogP contribution in [0.5, 0.6) is 0 Å². The molecule has 0 aromatic rings. The number of hydrogen-bond acceptors (Lipinski definition) is 7. The highest BCUT2D eigenvalue weighted by atomic mass is 32.2. The number of amidine groups is 1. The molecule has 1 saturated heterocycles. The summed E-state index contributed by atoms with van der Waals surface area (Å²) in [6, 6.07) is -0.947. The van der Waals surface area contributed by atoms with Crippen molar-refractivity contribution in [3.05, 3.63) is 10.6 Å². The van der Waals surface area contributed by atoms with Gasteiger partial charge >= 0.3 is 5.97 Å². The fourth-order valence-corrected chi connectivity index (χ4v) is 5.45. The number of rotatable bonds is 5. The van der Waals surface area contributed by atoms with Crippen molar-refractivity contribution in [2.75, 3.05) is 14.1 Å². The third-order valence-electron chi connectivity index (χ3n) is 5.38. The lowest BCUT2D eigenvalue weighted by atomic mass is 9.79. The normalized spacial score (nSPS) is 33.5. The molecule has 10 heteroatoms. The van der Waals surface area contributed by atoms with Crippen molar-refractivity contribution in [2.24, 2.45) is 22.6 Å². The van der Waals surface area contributed by atoms with Gasteiger partial charge in [-0.1, -0.05) is 6.92 Å². The lowest BCUT2D eigenvalue weighted by Crippen LogP contribution is -2.63. The highest BCUT2D eigenvalue weighted by Gasteiger charge is 2.60. The van der Waals surface area contributed by atoms with E-state index in [1.807, 2.05) is 6.92 Å². The van der Waals surface area contributed by atoms with Crippen LogP contribution in [-0.4, -0.2) is 81.2 Å². The summed E-state index contributed by atoms with van der Waals surface area (Å²) in [5.41, 5.74) is 5.96. The standard InChI is InChI=1S/C17H24N4O5S/c1-6-11-10(7(2)22)16(24)21(11)12(17(25)26)13(6)27-9-5-8(19-14(9)18)15(23)20(3)4/h6-11,22H,5H2,1-4H3,(H2,18,19)(H,25,26)/t6-,7-,8+,9?,10-,11-/m1/s1. The zero-order chi connectivity index (χ0) is 20.2. The van der Waals surface area contributed by atoms with E-state index in [1.54, 1.807) is 14.1 Å². The molecule has 4 N–H and O–H groups in total. The van der Waals surface area contributed by atoms with E-state index in [1.165, 1.54) is 28.5 Å². The molecule has 3 rings (SSSR count). The number of carbonyl (C=O) groups excluding carboxylic acids is 2. The van der Waals surface area contributed by atoms with Crippen molar-refractivity contribution in [1.82, 2.24) is 9.80 Å². The molecule has 0 spiro atoms. The van der Waals surface area contributed by atoms with Gasteiger partial charge < -0.3 is 25.7 Å². The molecule has 1 fully saturated rings. The summed E-state index contributed by atoms with van der Waals surface area (Å²) in [7, 11) is 3.29. The maximum Gasteiger partial charge on any atom is 0.353 e. The fraction of sp³-hybridized carbons (Fsp3) is 0.647. The number of hydrogen-bond donors (Lipinski definition) is 3. The van der Waals surface area contributed by atoms with Crippen LogP contribution >= 0.6 is 11.8 Å². The summed E-state index contributed by atoms with van der Waals surface area (Å²) in [4.78, 5) is 43.9. The van der Waals surface area contributed by atoms with Gasteiger partial charge in [-0.05, 0) is 13.3 Å². The minimum Gasteiger partial charge on any atom is -0.477 e. The van der Waals surface area contributed by atoms with Gasteiger partial charge in [0.15, 0.2) is 0 Å². The maximum atomic E-state index is 12.4. The number of aliphatic carboxylic acids is 1. The predicted molar refractivity (Wildman–Crippen MR) is 99.7 cm³/mol. The number of nitrogens with zero attached hydrogens (tertiary/aromatic N) is 3. The van der Waals surface area contributed by atoms with Crippen LogP contribution in [-0.2, 0) is 14.4 Å². The second kappa shape index (κ2) is 6.83. The highest BCUT2D eigenvalue weighted by Crippen LogP contribution is 2.52. The molecule has 3 heterocycles. The largest absolute Gasteiger partial charge is 0.477 e. The Morgan fingerprint density at radius 1 is 1.41 bits per heavy atom. The Morgan fingerprint density at radius 2 is 2.04 bits per heavy atom. The van der Waals surface area contributed by atoms with E-state index in [-0.39, 0.29) is 34.7 Å². The first-order valence-electron chi connectivity index (χ1n) is 8.75. The average molecular weight is 396 g/mol. The monoisotopic (exact) mass is 396 g/mol. The van der Waals surface area contributed by atoms with Crippen LogP contribution in [0.25, 0.3) is 0 Å². The lowest BCUT2D eigenvalue weighted by Gasteiger charge is -2.46. The van der Waals surface area contributed by atoms with E-state index in [2.05, 4.69) is 4.99 Å². The van der Waals surface area contributed by atoms with Gasteiger partial charge in [0, 0.05) is 24.9 Å². The number of carboxylic acid groups (broad SMARTS) is 1. The molecule has 3 aliphatic rings. The number of nitrogens with two attached hydrogens (primary N) is 1. The molecule has 2 amide bonds. The van der Waals surface area contributed by atoms with E-state index in [9.17, 15) is 24.6 Å². The van der Waals surface area contributed by atoms with Crippen molar-refractivity contribution in [3.8, 4) is 0 Å². The third-order valence-corrected chi connectivity index (χ3v) is 6.92. The van der Waals surface area contributed by atoms with Crippen LogP contribution in [0, 0.1) is 11.8 Å². The minimum absolute atomic E-state index is 0.0467. The van der Waals surface area contributed by atoms with Crippen molar-refractivity contribution < 1.29 is 24.6 Å². The van der Waals surface area contributed by atoms with Crippen LogP contribution < -0.4 is 5.73 Å². The SMILES string of the molecule is C[C@@H](O)[C@H]1C(=O)N2C(C(=O)O)=C(SC3C[C@@H](C(=O)N(C)C)N=C3N)[C@H](C)[C@H]12. The molecule has 3 aliphatic heterocycles. The topological polar surface area (TPSA) is 137 Å². The zero-order valence-corrected chi connectivity index (χ0v) is 16.4. The van der Waals surface area contributed by atoms with Gasteiger partial charge in [0.25, 0.3) is 0 Å². The predicted octanol–water partition coefficient (Wildman–Crippen LogP) is -0.540. The Hall–Kier alpha value is -2.07.